The maximum absolute atomic E-state index is 6.31. The molecule has 4 rings (SSSR count). The van der Waals surface area contributed by atoms with Gasteiger partial charge in [0.15, 0.2) is 17.5 Å². The number of nitrogens with zero attached hydrogens (tertiary/aromatic N) is 3. The van der Waals surface area contributed by atoms with E-state index in [0.717, 1.165) is 61.3 Å². The van der Waals surface area contributed by atoms with Gasteiger partial charge in [0.2, 0.25) is 0 Å². The van der Waals surface area contributed by atoms with Gasteiger partial charge in [-0.25, -0.2) is 9.98 Å². The zero-order valence-corrected chi connectivity index (χ0v) is 20.7. The number of hydrogen-bond acceptors (Lipinski definition) is 5. The Labute approximate surface area is 205 Å². The predicted molar refractivity (Wildman–Crippen MR) is 135 cm³/mol. The SMILES string of the molecule is CCNC(=NCc1ccc2c(c1)OCCCO2)NC1CCN(c2ncccc2Cl)C1.I. The summed E-state index contributed by atoms with van der Waals surface area (Å²) in [5, 5.41) is 7.58. The van der Waals surface area contributed by atoms with Crippen LogP contribution in [0.5, 0.6) is 11.5 Å². The molecule has 2 aliphatic rings. The second-order valence-electron chi connectivity index (χ2n) is 7.41. The van der Waals surface area contributed by atoms with Gasteiger partial charge in [-0.3, -0.25) is 0 Å². The summed E-state index contributed by atoms with van der Waals surface area (Å²) < 4.78 is 11.5. The third kappa shape index (κ3) is 6.29. The number of hydrogen-bond donors (Lipinski definition) is 2. The van der Waals surface area contributed by atoms with Crippen molar-refractivity contribution in [2.24, 2.45) is 4.99 Å². The van der Waals surface area contributed by atoms with Crippen LogP contribution in [0.1, 0.15) is 25.3 Å². The van der Waals surface area contributed by atoms with Crippen molar-refractivity contribution in [1.29, 1.82) is 0 Å². The third-order valence-electron chi connectivity index (χ3n) is 5.14. The Kier molecular flexibility index (Phi) is 8.89. The summed E-state index contributed by atoms with van der Waals surface area (Å²) in [5.41, 5.74) is 1.09. The minimum Gasteiger partial charge on any atom is -0.490 e. The van der Waals surface area contributed by atoms with Crippen LogP contribution in [-0.4, -0.2) is 49.8 Å². The molecule has 9 heteroatoms. The van der Waals surface area contributed by atoms with Crippen molar-refractivity contribution in [2.45, 2.75) is 32.4 Å². The highest BCUT2D eigenvalue weighted by Crippen LogP contribution is 2.30. The van der Waals surface area contributed by atoms with Gasteiger partial charge in [-0.2, -0.15) is 0 Å². The number of aromatic nitrogens is 1. The molecule has 31 heavy (non-hydrogen) atoms. The summed E-state index contributed by atoms with van der Waals surface area (Å²) >= 11 is 6.31. The molecule has 0 radical (unpaired) electrons. The normalized spacial score (nSPS) is 18.2. The molecule has 2 aromatic rings. The van der Waals surface area contributed by atoms with Gasteiger partial charge in [0, 0.05) is 38.3 Å². The van der Waals surface area contributed by atoms with Crippen LogP contribution in [0, 0.1) is 0 Å². The second kappa shape index (κ2) is 11.6. The van der Waals surface area contributed by atoms with Gasteiger partial charge in [0.05, 0.1) is 24.8 Å². The molecule has 0 bridgehead atoms. The minimum absolute atomic E-state index is 0. The fourth-order valence-electron chi connectivity index (χ4n) is 3.67. The fraction of sp³-hybridized carbons (Fsp3) is 0.455. The number of fused-ring (bicyclic) bond motifs is 1. The monoisotopic (exact) mass is 557 g/mol. The first-order valence-corrected chi connectivity index (χ1v) is 10.9. The molecule has 0 spiro atoms. The Morgan fingerprint density at radius 2 is 2.10 bits per heavy atom. The Bertz CT molecular complexity index is 898. The molecule has 168 valence electrons. The van der Waals surface area contributed by atoms with E-state index < -0.39 is 0 Å². The van der Waals surface area contributed by atoms with Crippen molar-refractivity contribution >= 4 is 47.4 Å². The highest BCUT2D eigenvalue weighted by molar-refractivity contribution is 14.0. The van der Waals surface area contributed by atoms with Crippen LogP contribution in [0.2, 0.25) is 5.02 Å². The first kappa shape index (κ1) is 23.7. The van der Waals surface area contributed by atoms with Crippen molar-refractivity contribution in [3.05, 3.63) is 47.1 Å². The van der Waals surface area contributed by atoms with Gasteiger partial charge in [-0.1, -0.05) is 17.7 Å². The average molecular weight is 558 g/mol. The number of ether oxygens (including phenoxy) is 2. The molecule has 0 amide bonds. The topological polar surface area (TPSA) is 71.0 Å². The van der Waals surface area contributed by atoms with Gasteiger partial charge in [-0.15, -0.1) is 24.0 Å². The summed E-state index contributed by atoms with van der Waals surface area (Å²) in [6, 6.07) is 10.1. The van der Waals surface area contributed by atoms with Crippen molar-refractivity contribution in [3.8, 4) is 11.5 Å². The summed E-state index contributed by atoms with van der Waals surface area (Å²) in [6.07, 6.45) is 3.68. The van der Waals surface area contributed by atoms with E-state index in [2.05, 4.69) is 27.4 Å². The number of benzene rings is 1. The fourth-order valence-corrected chi connectivity index (χ4v) is 3.91. The predicted octanol–water partition coefficient (Wildman–Crippen LogP) is 3.85. The molecule has 2 N–H and O–H groups in total. The van der Waals surface area contributed by atoms with Gasteiger partial charge in [-0.05, 0) is 43.2 Å². The molecular formula is C22H29ClIN5O2. The van der Waals surface area contributed by atoms with Crippen LogP contribution < -0.4 is 25.0 Å². The summed E-state index contributed by atoms with van der Waals surface area (Å²) in [4.78, 5) is 11.4. The van der Waals surface area contributed by atoms with Gasteiger partial charge >= 0.3 is 0 Å². The van der Waals surface area contributed by atoms with Gasteiger partial charge < -0.3 is 25.0 Å². The molecule has 3 heterocycles. The number of aliphatic imine (C=N–C) groups is 1. The Balaban J connectivity index is 0.00000272. The molecule has 2 aliphatic heterocycles. The highest BCUT2D eigenvalue weighted by Gasteiger charge is 2.25. The average Bonchev–Trinajstić information content (AvgIpc) is 3.08. The lowest BCUT2D eigenvalue weighted by Crippen LogP contribution is -2.44. The minimum atomic E-state index is 0. The second-order valence-corrected chi connectivity index (χ2v) is 7.82. The van der Waals surface area contributed by atoms with Gasteiger partial charge in [0.1, 0.15) is 5.82 Å². The number of pyridine rings is 1. The van der Waals surface area contributed by atoms with Crippen LogP contribution in [0.4, 0.5) is 5.82 Å². The molecule has 1 unspecified atom stereocenters. The first-order valence-electron chi connectivity index (χ1n) is 10.5. The zero-order valence-electron chi connectivity index (χ0n) is 17.6. The molecule has 1 fully saturated rings. The number of halogens is 2. The molecule has 1 aromatic heterocycles. The van der Waals surface area contributed by atoms with Crippen LogP contribution in [0.25, 0.3) is 0 Å². The Hall–Kier alpha value is -1.94. The van der Waals surface area contributed by atoms with Crippen molar-refractivity contribution in [2.75, 3.05) is 37.7 Å². The Morgan fingerprint density at radius 1 is 1.26 bits per heavy atom. The van der Waals surface area contributed by atoms with Crippen molar-refractivity contribution in [3.63, 3.8) is 0 Å². The van der Waals surface area contributed by atoms with E-state index >= 15 is 0 Å². The number of guanidine groups is 1. The molecule has 0 aliphatic carbocycles. The lowest BCUT2D eigenvalue weighted by Gasteiger charge is -2.20. The van der Waals surface area contributed by atoms with Crippen LogP contribution in [0.15, 0.2) is 41.5 Å². The van der Waals surface area contributed by atoms with E-state index in [-0.39, 0.29) is 30.0 Å². The summed E-state index contributed by atoms with van der Waals surface area (Å²) in [7, 11) is 0. The van der Waals surface area contributed by atoms with E-state index in [1.165, 1.54) is 0 Å². The maximum Gasteiger partial charge on any atom is 0.191 e. The van der Waals surface area contributed by atoms with Crippen molar-refractivity contribution < 1.29 is 9.47 Å². The van der Waals surface area contributed by atoms with E-state index in [1.807, 2.05) is 30.3 Å². The van der Waals surface area contributed by atoms with Crippen LogP contribution >= 0.6 is 35.6 Å². The lowest BCUT2D eigenvalue weighted by molar-refractivity contribution is 0.297. The van der Waals surface area contributed by atoms with E-state index in [1.54, 1.807) is 6.20 Å². The van der Waals surface area contributed by atoms with Crippen LogP contribution in [0.3, 0.4) is 0 Å². The lowest BCUT2D eigenvalue weighted by atomic mass is 10.2. The third-order valence-corrected chi connectivity index (χ3v) is 5.44. The maximum atomic E-state index is 6.31. The van der Waals surface area contributed by atoms with E-state index in [9.17, 15) is 0 Å². The van der Waals surface area contributed by atoms with Gasteiger partial charge in [0.25, 0.3) is 0 Å². The van der Waals surface area contributed by atoms with E-state index in [0.29, 0.717) is 24.8 Å². The zero-order chi connectivity index (χ0) is 20.8. The molecule has 1 atom stereocenters. The molecule has 0 saturated carbocycles. The standard InChI is InChI=1S/C22H28ClN5O2.HI/c1-2-24-22(26-14-16-6-7-19-20(13-16)30-12-4-11-29-19)27-17-8-10-28(15-17)21-18(23)5-3-9-25-21;/h3,5-7,9,13,17H,2,4,8,10-12,14-15H2,1H3,(H2,24,26,27);1H. The quantitative estimate of drug-likeness (QED) is 0.331. The summed E-state index contributed by atoms with van der Waals surface area (Å²) in [5.74, 6) is 3.27. The first-order chi connectivity index (χ1) is 14.7. The Morgan fingerprint density at radius 3 is 2.90 bits per heavy atom. The molecule has 1 aromatic carbocycles. The highest BCUT2D eigenvalue weighted by atomic mass is 127. The van der Waals surface area contributed by atoms with Crippen LogP contribution in [-0.2, 0) is 6.54 Å². The van der Waals surface area contributed by atoms with E-state index in [4.69, 9.17) is 26.1 Å². The number of rotatable bonds is 5. The molecule has 1 saturated heterocycles. The number of nitrogens with one attached hydrogen (secondary N) is 2. The smallest absolute Gasteiger partial charge is 0.191 e. The number of anilines is 1. The van der Waals surface area contributed by atoms with Crippen molar-refractivity contribution in [1.82, 2.24) is 15.6 Å². The largest absolute Gasteiger partial charge is 0.490 e. The molecular weight excluding hydrogens is 529 g/mol. The molecule has 7 nitrogen and oxygen atoms in total. The summed E-state index contributed by atoms with van der Waals surface area (Å²) in [6.45, 7) is 6.56.